The van der Waals surface area contributed by atoms with Crippen LogP contribution in [0.15, 0.2) is 30.1 Å². The number of hydrogen-bond acceptors (Lipinski definition) is 6. The van der Waals surface area contributed by atoms with Gasteiger partial charge in [-0.2, -0.15) is 0 Å². The standard InChI is InChI=1S/C13H14N2O4/c1-8-4-5-14-10(6-8)15-7-9-11(16)18-13(2,3)19-12(9)17/h4-7H,1-3H3,(H,14,15). The highest BCUT2D eigenvalue weighted by Gasteiger charge is 2.38. The highest BCUT2D eigenvalue weighted by Crippen LogP contribution is 2.22. The van der Waals surface area contributed by atoms with E-state index in [1.54, 1.807) is 12.3 Å². The number of carbonyl (C=O) groups is 2. The van der Waals surface area contributed by atoms with Crippen LogP contribution in [-0.2, 0) is 19.1 Å². The molecule has 0 aliphatic carbocycles. The van der Waals surface area contributed by atoms with Gasteiger partial charge >= 0.3 is 11.9 Å². The van der Waals surface area contributed by atoms with Gasteiger partial charge in [0.25, 0.3) is 5.79 Å². The van der Waals surface area contributed by atoms with Gasteiger partial charge in [0.05, 0.1) is 0 Å². The summed E-state index contributed by atoms with van der Waals surface area (Å²) in [5.74, 6) is -2.15. The molecule has 1 aliphatic heterocycles. The monoisotopic (exact) mass is 262 g/mol. The quantitative estimate of drug-likeness (QED) is 0.494. The third-order valence-electron chi connectivity index (χ3n) is 2.40. The molecular formula is C13H14N2O4. The molecule has 6 nitrogen and oxygen atoms in total. The van der Waals surface area contributed by atoms with E-state index in [0.717, 1.165) is 5.56 Å². The molecule has 100 valence electrons. The predicted octanol–water partition coefficient (Wildman–Crippen LogP) is 1.52. The maximum absolute atomic E-state index is 11.7. The van der Waals surface area contributed by atoms with Crippen molar-refractivity contribution >= 4 is 17.8 Å². The van der Waals surface area contributed by atoms with E-state index in [9.17, 15) is 9.59 Å². The normalized spacial score (nSPS) is 17.5. The van der Waals surface area contributed by atoms with Crippen molar-refractivity contribution in [3.63, 3.8) is 0 Å². The van der Waals surface area contributed by atoms with Crippen LogP contribution in [0, 0.1) is 6.92 Å². The summed E-state index contributed by atoms with van der Waals surface area (Å²) in [6.07, 6.45) is 2.86. The zero-order valence-electron chi connectivity index (χ0n) is 10.9. The van der Waals surface area contributed by atoms with Crippen molar-refractivity contribution in [2.45, 2.75) is 26.6 Å². The topological polar surface area (TPSA) is 77.5 Å². The minimum absolute atomic E-state index is 0.192. The molecule has 19 heavy (non-hydrogen) atoms. The Hall–Kier alpha value is -2.37. The first-order chi connectivity index (χ1) is 8.87. The summed E-state index contributed by atoms with van der Waals surface area (Å²) in [5.41, 5.74) is 0.813. The first-order valence-corrected chi connectivity index (χ1v) is 5.73. The van der Waals surface area contributed by atoms with Crippen molar-refractivity contribution in [2.75, 3.05) is 5.32 Å². The van der Waals surface area contributed by atoms with Gasteiger partial charge in [0.2, 0.25) is 0 Å². The van der Waals surface area contributed by atoms with Crippen LogP contribution < -0.4 is 5.32 Å². The van der Waals surface area contributed by atoms with Crippen LogP contribution in [0.25, 0.3) is 0 Å². The highest BCUT2D eigenvalue weighted by atomic mass is 16.7. The molecule has 1 saturated heterocycles. The van der Waals surface area contributed by atoms with Crippen molar-refractivity contribution < 1.29 is 19.1 Å². The number of ether oxygens (including phenoxy) is 2. The summed E-state index contributed by atoms with van der Waals surface area (Å²) in [5, 5.41) is 2.77. The second-order valence-electron chi connectivity index (χ2n) is 4.60. The highest BCUT2D eigenvalue weighted by molar-refractivity contribution is 6.15. The first-order valence-electron chi connectivity index (χ1n) is 5.73. The summed E-state index contributed by atoms with van der Waals surface area (Å²) in [6, 6.07) is 3.62. The van der Waals surface area contributed by atoms with Crippen molar-refractivity contribution in [2.24, 2.45) is 0 Å². The maximum atomic E-state index is 11.7. The molecule has 0 aromatic carbocycles. The van der Waals surface area contributed by atoms with Gasteiger partial charge in [-0.1, -0.05) is 0 Å². The summed E-state index contributed by atoms with van der Waals surface area (Å²) >= 11 is 0. The number of cyclic esters (lactones) is 2. The van der Waals surface area contributed by atoms with Crippen molar-refractivity contribution in [1.82, 2.24) is 4.98 Å². The number of nitrogens with one attached hydrogen (secondary N) is 1. The average molecular weight is 262 g/mol. The van der Waals surface area contributed by atoms with Crippen LogP contribution in [0.5, 0.6) is 0 Å². The lowest BCUT2D eigenvalue weighted by Crippen LogP contribution is -2.42. The Labute approximate surface area is 110 Å². The summed E-state index contributed by atoms with van der Waals surface area (Å²) in [7, 11) is 0. The van der Waals surface area contributed by atoms with Crippen LogP contribution in [-0.4, -0.2) is 22.7 Å². The number of esters is 2. The van der Waals surface area contributed by atoms with Gasteiger partial charge < -0.3 is 14.8 Å². The van der Waals surface area contributed by atoms with E-state index < -0.39 is 17.7 Å². The van der Waals surface area contributed by atoms with Gasteiger partial charge in [0.15, 0.2) is 5.57 Å². The van der Waals surface area contributed by atoms with E-state index in [4.69, 9.17) is 9.47 Å². The number of pyridine rings is 1. The molecule has 1 N–H and O–H groups in total. The lowest BCUT2D eigenvalue weighted by molar-refractivity contribution is -0.222. The Morgan fingerprint density at radius 1 is 1.26 bits per heavy atom. The fourth-order valence-electron chi connectivity index (χ4n) is 1.54. The summed E-state index contributed by atoms with van der Waals surface area (Å²) in [6.45, 7) is 4.90. The second-order valence-corrected chi connectivity index (χ2v) is 4.60. The van der Waals surface area contributed by atoms with E-state index in [0.29, 0.717) is 5.82 Å². The molecule has 1 aliphatic rings. The smallest absolute Gasteiger partial charge is 0.350 e. The van der Waals surface area contributed by atoms with Gasteiger partial charge in [-0.15, -0.1) is 0 Å². The Bertz CT molecular complexity index is 542. The van der Waals surface area contributed by atoms with Gasteiger partial charge in [-0.3, -0.25) is 0 Å². The fourth-order valence-corrected chi connectivity index (χ4v) is 1.54. The van der Waals surface area contributed by atoms with Crippen molar-refractivity contribution in [3.8, 4) is 0 Å². The molecular weight excluding hydrogens is 248 g/mol. The number of rotatable bonds is 2. The Balaban J connectivity index is 2.15. The fraction of sp³-hybridized carbons (Fsp3) is 0.308. The van der Waals surface area contributed by atoms with Crippen LogP contribution in [0.4, 0.5) is 5.82 Å². The van der Waals surface area contributed by atoms with Gasteiger partial charge in [0.1, 0.15) is 5.82 Å². The molecule has 1 fully saturated rings. The molecule has 2 heterocycles. The van der Waals surface area contributed by atoms with E-state index in [-0.39, 0.29) is 5.57 Å². The van der Waals surface area contributed by atoms with E-state index in [2.05, 4.69) is 10.3 Å². The van der Waals surface area contributed by atoms with Crippen LogP contribution >= 0.6 is 0 Å². The molecule has 6 heteroatoms. The average Bonchev–Trinajstić information content (AvgIpc) is 2.26. The van der Waals surface area contributed by atoms with Gasteiger partial charge in [-0.25, -0.2) is 14.6 Å². The van der Waals surface area contributed by atoms with Crippen molar-refractivity contribution in [3.05, 3.63) is 35.7 Å². The van der Waals surface area contributed by atoms with E-state index in [1.807, 2.05) is 13.0 Å². The molecule has 0 spiro atoms. The number of hydrogen-bond donors (Lipinski definition) is 1. The third-order valence-corrected chi connectivity index (χ3v) is 2.40. The zero-order valence-corrected chi connectivity index (χ0v) is 10.9. The lowest BCUT2D eigenvalue weighted by atomic mass is 10.2. The van der Waals surface area contributed by atoms with Crippen LogP contribution in [0.3, 0.4) is 0 Å². The molecule has 0 unspecified atom stereocenters. The largest absolute Gasteiger partial charge is 0.419 e. The molecule has 2 rings (SSSR count). The number of anilines is 1. The number of carbonyl (C=O) groups excluding carboxylic acids is 2. The second kappa shape index (κ2) is 4.72. The minimum atomic E-state index is -1.23. The number of nitrogens with zero attached hydrogens (tertiary/aromatic N) is 1. The Morgan fingerprint density at radius 3 is 2.47 bits per heavy atom. The summed E-state index contributed by atoms with van der Waals surface area (Å²) in [4.78, 5) is 27.4. The number of aromatic nitrogens is 1. The van der Waals surface area contributed by atoms with E-state index in [1.165, 1.54) is 20.0 Å². The molecule has 0 radical (unpaired) electrons. The number of aryl methyl sites for hydroxylation is 1. The molecule has 1 aromatic heterocycles. The Morgan fingerprint density at radius 2 is 1.89 bits per heavy atom. The molecule has 0 bridgehead atoms. The third kappa shape index (κ3) is 3.09. The molecule has 0 amide bonds. The van der Waals surface area contributed by atoms with Crippen molar-refractivity contribution in [1.29, 1.82) is 0 Å². The molecule has 0 saturated carbocycles. The van der Waals surface area contributed by atoms with Gasteiger partial charge in [-0.05, 0) is 24.6 Å². The van der Waals surface area contributed by atoms with E-state index >= 15 is 0 Å². The van der Waals surface area contributed by atoms with Gasteiger partial charge in [0, 0.05) is 26.2 Å². The summed E-state index contributed by atoms with van der Waals surface area (Å²) < 4.78 is 9.92. The maximum Gasteiger partial charge on any atom is 0.350 e. The van der Waals surface area contributed by atoms with Crippen LogP contribution in [0.2, 0.25) is 0 Å². The molecule has 0 atom stereocenters. The first kappa shape index (κ1) is 13.1. The lowest BCUT2D eigenvalue weighted by Gasteiger charge is -2.29. The SMILES string of the molecule is Cc1ccnc(NC=C2C(=O)OC(C)(C)OC2=O)c1. The zero-order chi connectivity index (χ0) is 14.0. The Kier molecular flexibility index (Phi) is 3.25. The van der Waals surface area contributed by atoms with Crippen LogP contribution in [0.1, 0.15) is 19.4 Å². The molecule has 1 aromatic rings. The predicted molar refractivity (Wildman–Crippen MR) is 66.9 cm³/mol. The minimum Gasteiger partial charge on any atom is -0.419 e.